The first-order valence-corrected chi connectivity index (χ1v) is 8.65. The van der Waals surface area contributed by atoms with Crippen molar-refractivity contribution in [2.75, 3.05) is 26.7 Å². The maximum Gasteiger partial charge on any atom is 0.264 e. The number of carbonyl (C=O) groups excluding carboxylic acids is 1. The zero-order chi connectivity index (χ0) is 16.4. The predicted molar refractivity (Wildman–Crippen MR) is 93.4 cm³/mol. The van der Waals surface area contributed by atoms with E-state index in [1.807, 2.05) is 35.2 Å². The number of thiophene rings is 1. The monoisotopic (exact) mass is 330 g/mol. The molecule has 1 aliphatic rings. The zero-order valence-electron chi connectivity index (χ0n) is 13.8. The van der Waals surface area contributed by atoms with Crippen molar-refractivity contribution < 1.29 is 9.53 Å². The zero-order valence-corrected chi connectivity index (χ0v) is 14.6. The summed E-state index contributed by atoms with van der Waals surface area (Å²) >= 11 is 1.58. The molecule has 1 unspecified atom stereocenters. The Morgan fingerprint density at radius 3 is 2.83 bits per heavy atom. The molecule has 0 spiro atoms. The Bertz CT molecular complexity index is 691. The van der Waals surface area contributed by atoms with E-state index in [9.17, 15) is 4.79 Å². The third-order valence-corrected chi connectivity index (χ3v) is 5.52. The van der Waals surface area contributed by atoms with Gasteiger partial charge in [-0.1, -0.05) is 18.2 Å². The summed E-state index contributed by atoms with van der Waals surface area (Å²) in [6, 6.07) is 9.94. The molecule has 0 saturated carbocycles. The van der Waals surface area contributed by atoms with Crippen molar-refractivity contribution in [2.24, 2.45) is 0 Å². The number of hydrogen-bond acceptors (Lipinski definition) is 4. The summed E-state index contributed by atoms with van der Waals surface area (Å²) in [4.78, 5) is 17.0. The van der Waals surface area contributed by atoms with E-state index in [0.29, 0.717) is 6.54 Å². The molecule has 1 amide bonds. The van der Waals surface area contributed by atoms with Crippen LogP contribution in [0.15, 0.2) is 30.3 Å². The van der Waals surface area contributed by atoms with Gasteiger partial charge < -0.3 is 15.0 Å². The van der Waals surface area contributed by atoms with Gasteiger partial charge in [0.2, 0.25) is 0 Å². The number of nitrogens with one attached hydrogen (secondary N) is 1. The van der Waals surface area contributed by atoms with Crippen LogP contribution in [0.2, 0.25) is 0 Å². The Morgan fingerprint density at radius 2 is 2.13 bits per heavy atom. The number of methoxy groups -OCH3 is 1. The summed E-state index contributed by atoms with van der Waals surface area (Å²) in [7, 11) is 1.67. The number of rotatable bonds is 3. The second-order valence-corrected chi connectivity index (χ2v) is 7.07. The maximum absolute atomic E-state index is 13.0. The van der Waals surface area contributed by atoms with Crippen molar-refractivity contribution in [1.82, 2.24) is 10.2 Å². The lowest BCUT2D eigenvalue weighted by Gasteiger charge is -2.36. The fourth-order valence-corrected chi connectivity index (χ4v) is 3.98. The highest BCUT2D eigenvalue weighted by Gasteiger charge is 2.31. The molecule has 4 nitrogen and oxygen atoms in total. The molecule has 0 bridgehead atoms. The number of nitrogens with zero attached hydrogens (tertiary/aromatic N) is 1. The molecule has 2 heterocycles. The summed E-state index contributed by atoms with van der Waals surface area (Å²) in [6.07, 6.45) is 0. The lowest BCUT2D eigenvalue weighted by molar-refractivity contribution is 0.0636. The van der Waals surface area contributed by atoms with Crippen LogP contribution >= 0.6 is 11.3 Å². The Balaban J connectivity index is 1.94. The van der Waals surface area contributed by atoms with Crippen molar-refractivity contribution in [2.45, 2.75) is 19.9 Å². The predicted octanol–water partition coefficient (Wildman–Crippen LogP) is 3.16. The van der Waals surface area contributed by atoms with E-state index >= 15 is 0 Å². The van der Waals surface area contributed by atoms with Gasteiger partial charge in [0.15, 0.2) is 0 Å². The first-order valence-electron chi connectivity index (χ1n) is 7.83. The average Bonchev–Trinajstić information content (AvgIpc) is 2.93. The molecule has 1 aromatic carbocycles. The van der Waals surface area contributed by atoms with E-state index in [0.717, 1.165) is 29.3 Å². The number of hydrogen-bond donors (Lipinski definition) is 1. The van der Waals surface area contributed by atoms with E-state index in [1.54, 1.807) is 18.4 Å². The maximum atomic E-state index is 13.0. The van der Waals surface area contributed by atoms with Crippen molar-refractivity contribution in [3.63, 3.8) is 0 Å². The molecule has 3 rings (SSSR count). The summed E-state index contributed by atoms with van der Waals surface area (Å²) in [5, 5.41) is 3.39. The van der Waals surface area contributed by atoms with Gasteiger partial charge >= 0.3 is 0 Å². The van der Waals surface area contributed by atoms with Gasteiger partial charge in [-0.3, -0.25) is 4.79 Å². The normalized spacial score (nSPS) is 18.0. The molecule has 0 radical (unpaired) electrons. The van der Waals surface area contributed by atoms with Crippen molar-refractivity contribution in [3.8, 4) is 5.75 Å². The van der Waals surface area contributed by atoms with Crippen molar-refractivity contribution >= 4 is 17.2 Å². The van der Waals surface area contributed by atoms with Gasteiger partial charge in [0.1, 0.15) is 5.75 Å². The Kier molecular flexibility index (Phi) is 4.68. The number of piperazine rings is 1. The number of para-hydroxylation sites is 1. The quantitative estimate of drug-likeness (QED) is 0.940. The molecule has 23 heavy (non-hydrogen) atoms. The van der Waals surface area contributed by atoms with E-state index in [4.69, 9.17) is 4.74 Å². The van der Waals surface area contributed by atoms with Crippen LogP contribution in [0.5, 0.6) is 5.75 Å². The first-order chi connectivity index (χ1) is 11.1. The standard InChI is InChI=1S/C18H22N2O2S/c1-12-10-17(23-13(12)2)18(21)20-9-8-19-11-15(20)14-6-4-5-7-16(14)22-3/h4-7,10,15,19H,8-9,11H2,1-3H3. The van der Waals surface area contributed by atoms with Gasteiger partial charge in [-0.15, -0.1) is 11.3 Å². The van der Waals surface area contributed by atoms with Crippen LogP contribution in [0.25, 0.3) is 0 Å². The van der Waals surface area contributed by atoms with Crippen LogP contribution in [0.3, 0.4) is 0 Å². The second-order valence-electron chi connectivity index (χ2n) is 5.81. The second kappa shape index (κ2) is 6.72. The molecule has 5 heteroatoms. The summed E-state index contributed by atoms with van der Waals surface area (Å²) in [5.74, 6) is 0.946. The van der Waals surface area contributed by atoms with Crippen LogP contribution in [0.1, 0.15) is 31.7 Å². The highest BCUT2D eigenvalue weighted by Crippen LogP contribution is 2.32. The molecule has 1 atom stereocenters. The molecule has 2 aromatic rings. The fourth-order valence-electron chi connectivity index (χ4n) is 2.99. The van der Waals surface area contributed by atoms with Gasteiger partial charge in [0, 0.05) is 30.1 Å². The summed E-state index contributed by atoms with van der Waals surface area (Å²) < 4.78 is 5.49. The molecule has 1 saturated heterocycles. The molecule has 122 valence electrons. The van der Waals surface area contributed by atoms with Gasteiger partial charge in [-0.25, -0.2) is 0 Å². The fraction of sp³-hybridized carbons (Fsp3) is 0.389. The summed E-state index contributed by atoms with van der Waals surface area (Å²) in [6.45, 7) is 6.39. The highest BCUT2D eigenvalue weighted by molar-refractivity contribution is 7.14. The number of aryl methyl sites for hydroxylation is 2. The molecular formula is C18H22N2O2S. The minimum Gasteiger partial charge on any atom is -0.496 e. The average molecular weight is 330 g/mol. The van der Waals surface area contributed by atoms with Crippen LogP contribution in [0.4, 0.5) is 0 Å². The van der Waals surface area contributed by atoms with Gasteiger partial charge in [-0.2, -0.15) is 0 Å². The molecule has 0 aliphatic carbocycles. The minimum absolute atomic E-state index is 0.00453. The molecule has 1 aromatic heterocycles. The van der Waals surface area contributed by atoms with E-state index in [1.165, 1.54) is 10.4 Å². The number of ether oxygens (including phenoxy) is 1. The van der Waals surface area contributed by atoms with Crippen molar-refractivity contribution in [3.05, 3.63) is 51.2 Å². The summed E-state index contributed by atoms with van der Waals surface area (Å²) in [5.41, 5.74) is 2.24. The van der Waals surface area contributed by atoms with E-state index in [2.05, 4.69) is 19.2 Å². The van der Waals surface area contributed by atoms with Crippen LogP contribution in [0, 0.1) is 13.8 Å². The van der Waals surface area contributed by atoms with Crippen LogP contribution in [-0.2, 0) is 0 Å². The molecule has 1 aliphatic heterocycles. The Labute approximate surface area is 141 Å². The largest absolute Gasteiger partial charge is 0.496 e. The van der Waals surface area contributed by atoms with Crippen molar-refractivity contribution in [1.29, 1.82) is 0 Å². The van der Waals surface area contributed by atoms with Crippen LogP contribution in [-0.4, -0.2) is 37.6 Å². The third-order valence-electron chi connectivity index (χ3n) is 4.38. The van der Waals surface area contributed by atoms with E-state index in [-0.39, 0.29) is 11.9 Å². The third kappa shape index (κ3) is 3.12. The van der Waals surface area contributed by atoms with Gasteiger partial charge in [0.05, 0.1) is 18.0 Å². The minimum atomic E-state index is -0.00453. The topological polar surface area (TPSA) is 41.6 Å². The highest BCUT2D eigenvalue weighted by atomic mass is 32.1. The van der Waals surface area contributed by atoms with E-state index < -0.39 is 0 Å². The smallest absolute Gasteiger partial charge is 0.264 e. The molecular weight excluding hydrogens is 308 g/mol. The number of benzene rings is 1. The Hall–Kier alpha value is -1.85. The molecule has 1 fully saturated rings. The van der Waals surface area contributed by atoms with Crippen LogP contribution < -0.4 is 10.1 Å². The lowest BCUT2D eigenvalue weighted by atomic mass is 10.0. The van der Waals surface area contributed by atoms with Gasteiger partial charge in [0.25, 0.3) is 5.91 Å². The number of amides is 1. The van der Waals surface area contributed by atoms with Gasteiger partial charge in [-0.05, 0) is 31.5 Å². The lowest BCUT2D eigenvalue weighted by Crippen LogP contribution is -2.48. The SMILES string of the molecule is COc1ccccc1C1CNCCN1C(=O)c1cc(C)c(C)s1. The number of carbonyl (C=O) groups is 1. The Morgan fingerprint density at radius 1 is 1.35 bits per heavy atom. The first kappa shape index (κ1) is 16.0. The molecule has 1 N–H and O–H groups in total.